The lowest BCUT2D eigenvalue weighted by atomic mass is 10.0. The predicted molar refractivity (Wildman–Crippen MR) is 301 cm³/mol. The van der Waals surface area contributed by atoms with Gasteiger partial charge < -0.3 is 20.3 Å². The monoisotopic (exact) mass is 968 g/mol. The number of hydrogen-bond donors (Lipinski definition) is 3. The molecule has 69 heavy (non-hydrogen) atoms. The Labute approximate surface area is 429 Å². The van der Waals surface area contributed by atoms with Crippen LogP contribution in [0, 0.1) is 0 Å². The van der Waals surface area contributed by atoms with Crippen LogP contribution in [0.4, 0.5) is 0 Å². The van der Waals surface area contributed by atoms with Gasteiger partial charge in [-0.15, -0.1) is 0 Å². The molecule has 0 saturated carbocycles. The molecule has 0 bridgehead atoms. The zero-order chi connectivity index (χ0) is 50.0. The van der Waals surface area contributed by atoms with E-state index in [1.165, 1.54) is 238 Å². The number of aliphatic hydroxyl groups excluding tert-OH is 2. The van der Waals surface area contributed by atoms with Crippen LogP contribution in [0.1, 0.15) is 316 Å². The molecular formula is C63H117NO5. The number of esters is 1. The second-order valence-electron chi connectivity index (χ2n) is 20.7. The van der Waals surface area contributed by atoms with Gasteiger partial charge in [0.2, 0.25) is 5.91 Å². The summed E-state index contributed by atoms with van der Waals surface area (Å²) in [6, 6.07) is -0.633. The molecule has 0 aliphatic heterocycles. The fourth-order valence-electron chi connectivity index (χ4n) is 9.12. The van der Waals surface area contributed by atoms with Gasteiger partial charge in [0, 0.05) is 12.8 Å². The number of allylic oxidation sites excluding steroid dienone is 7. The van der Waals surface area contributed by atoms with E-state index < -0.39 is 12.1 Å². The molecule has 0 fully saturated rings. The summed E-state index contributed by atoms with van der Waals surface area (Å²) in [7, 11) is 0. The lowest BCUT2D eigenvalue weighted by Gasteiger charge is -2.20. The molecule has 0 heterocycles. The van der Waals surface area contributed by atoms with Crippen LogP contribution in [0.5, 0.6) is 0 Å². The first-order valence-corrected chi connectivity index (χ1v) is 30.4. The largest absolute Gasteiger partial charge is 0.466 e. The third-order valence-electron chi connectivity index (χ3n) is 13.8. The number of hydrogen-bond acceptors (Lipinski definition) is 5. The number of rotatable bonds is 56. The van der Waals surface area contributed by atoms with Crippen molar-refractivity contribution in [1.82, 2.24) is 5.32 Å². The van der Waals surface area contributed by atoms with Crippen molar-refractivity contribution in [3.63, 3.8) is 0 Å². The van der Waals surface area contributed by atoms with Crippen molar-refractivity contribution in [1.29, 1.82) is 0 Å². The maximum atomic E-state index is 12.5. The number of amides is 1. The maximum absolute atomic E-state index is 12.5. The number of unbranched alkanes of at least 4 members (excludes halogenated alkanes) is 39. The highest BCUT2D eigenvalue weighted by Crippen LogP contribution is 2.16. The molecule has 0 aliphatic carbocycles. The first-order valence-electron chi connectivity index (χ1n) is 30.4. The van der Waals surface area contributed by atoms with E-state index in [4.69, 9.17) is 4.74 Å². The van der Waals surface area contributed by atoms with Gasteiger partial charge in [-0.25, -0.2) is 0 Å². The molecular weight excluding hydrogens is 851 g/mol. The zero-order valence-electron chi connectivity index (χ0n) is 46.0. The standard InChI is InChI=1S/C63H117NO5/c1-3-5-7-9-11-13-15-16-17-29-32-36-39-43-47-51-55-61(66)60(59-65)64-62(67)56-52-48-44-40-37-33-30-27-25-23-21-19-18-20-22-24-26-28-31-34-38-42-46-50-54-58-69-63(68)57-53-49-45-41-35-14-12-10-8-6-4-2/h10,12,19-22,51,55,60-61,65-66H,3-9,11,13-18,23-50,52-54,56-59H2,1-2H3,(H,64,67)/b12-10-,21-19-,22-20-,55-51+. The fraction of sp³-hybridized carbons (Fsp3) is 0.841. The normalized spacial score (nSPS) is 12.9. The van der Waals surface area contributed by atoms with Gasteiger partial charge in [-0.1, -0.05) is 268 Å². The van der Waals surface area contributed by atoms with Gasteiger partial charge in [-0.05, 0) is 83.5 Å². The molecule has 0 radical (unpaired) electrons. The van der Waals surface area contributed by atoms with Gasteiger partial charge in [-0.3, -0.25) is 9.59 Å². The second-order valence-corrected chi connectivity index (χ2v) is 20.7. The Balaban J connectivity index is 3.47. The Morgan fingerprint density at radius 3 is 1.16 bits per heavy atom. The van der Waals surface area contributed by atoms with Gasteiger partial charge in [0.15, 0.2) is 0 Å². The van der Waals surface area contributed by atoms with E-state index in [1.54, 1.807) is 6.08 Å². The molecule has 2 atom stereocenters. The summed E-state index contributed by atoms with van der Waals surface area (Å²) in [5, 5.41) is 23.1. The van der Waals surface area contributed by atoms with Crippen molar-refractivity contribution < 1.29 is 24.5 Å². The first kappa shape index (κ1) is 66.8. The van der Waals surface area contributed by atoms with Crippen LogP contribution < -0.4 is 5.32 Å². The van der Waals surface area contributed by atoms with Crippen LogP contribution in [0.25, 0.3) is 0 Å². The van der Waals surface area contributed by atoms with Crippen LogP contribution in [0.3, 0.4) is 0 Å². The van der Waals surface area contributed by atoms with E-state index in [9.17, 15) is 19.8 Å². The lowest BCUT2D eigenvalue weighted by molar-refractivity contribution is -0.143. The molecule has 0 aromatic rings. The van der Waals surface area contributed by atoms with Crippen molar-refractivity contribution in [2.75, 3.05) is 13.2 Å². The van der Waals surface area contributed by atoms with Crippen molar-refractivity contribution in [2.45, 2.75) is 328 Å². The van der Waals surface area contributed by atoms with Gasteiger partial charge in [0.05, 0.1) is 25.4 Å². The van der Waals surface area contributed by atoms with Crippen LogP contribution >= 0.6 is 0 Å². The van der Waals surface area contributed by atoms with Crippen LogP contribution in [0.2, 0.25) is 0 Å². The van der Waals surface area contributed by atoms with Gasteiger partial charge in [-0.2, -0.15) is 0 Å². The predicted octanol–water partition coefficient (Wildman–Crippen LogP) is 19.0. The SMILES string of the molecule is CCCC/C=C\CCCCCCCC(=O)OCCCCCCCCCCC/C=C\C/C=C\CCCCCCCCCCCC(=O)NC(CO)C(O)/C=C/CCCCCCCCCCCCCCCC. The van der Waals surface area contributed by atoms with E-state index in [0.717, 1.165) is 51.4 Å². The summed E-state index contributed by atoms with van der Waals surface area (Å²) in [6.07, 6.45) is 74.3. The Bertz CT molecular complexity index is 1160. The number of carbonyl (C=O) groups excluding carboxylic acids is 2. The average Bonchev–Trinajstić information content (AvgIpc) is 3.35. The van der Waals surface area contributed by atoms with Crippen molar-refractivity contribution in [2.24, 2.45) is 0 Å². The van der Waals surface area contributed by atoms with Gasteiger partial charge in [0.25, 0.3) is 0 Å². The van der Waals surface area contributed by atoms with E-state index in [-0.39, 0.29) is 18.5 Å². The van der Waals surface area contributed by atoms with E-state index in [2.05, 4.69) is 55.6 Å². The maximum Gasteiger partial charge on any atom is 0.305 e. The molecule has 0 aromatic carbocycles. The third-order valence-corrected chi connectivity index (χ3v) is 13.8. The van der Waals surface area contributed by atoms with Crippen LogP contribution in [-0.2, 0) is 14.3 Å². The molecule has 1 amide bonds. The van der Waals surface area contributed by atoms with E-state index in [1.807, 2.05) is 6.08 Å². The molecule has 6 nitrogen and oxygen atoms in total. The molecule has 2 unspecified atom stereocenters. The van der Waals surface area contributed by atoms with Crippen LogP contribution in [-0.4, -0.2) is 47.4 Å². The minimum absolute atomic E-state index is 0.00302. The fourth-order valence-corrected chi connectivity index (χ4v) is 9.12. The number of carbonyl (C=O) groups is 2. The zero-order valence-corrected chi connectivity index (χ0v) is 46.0. The highest BCUT2D eigenvalue weighted by Gasteiger charge is 2.18. The Hall–Kier alpha value is -2.18. The Morgan fingerprint density at radius 1 is 0.406 bits per heavy atom. The molecule has 0 saturated heterocycles. The molecule has 0 aliphatic rings. The van der Waals surface area contributed by atoms with Crippen LogP contribution in [0.15, 0.2) is 48.6 Å². The molecule has 404 valence electrons. The Morgan fingerprint density at radius 2 is 0.739 bits per heavy atom. The molecule has 6 heteroatoms. The third kappa shape index (κ3) is 55.0. The topological polar surface area (TPSA) is 95.9 Å². The highest BCUT2D eigenvalue weighted by molar-refractivity contribution is 5.76. The smallest absolute Gasteiger partial charge is 0.305 e. The summed E-state index contributed by atoms with van der Waals surface area (Å²) in [5.74, 6) is -0.0764. The van der Waals surface area contributed by atoms with E-state index >= 15 is 0 Å². The molecule has 3 N–H and O–H groups in total. The number of aliphatic hydroxyl groups is 2. The quantitative estimate of drug-likeness (QED) is 0.0321. The van der Waals surface area contributed by atoms with Crippen molar-refractivity contribution in [3.05, 3.63) is 48.6 Å². The lowest BCUT2D eigenvalue weighted by Crippen LogP contribution is -2.45. The summed E-state index contributed by atoms with van der Waals surface area (Å²) in [6.45, 7) is 4.86. The minimum Gasteiger partial charge on any atom is -0.466 e. The van der Waals surface area contributed by atoms with Crippen molar-refractivity contribution in [3.8, 4) is 0 Å². The minimum atomic E-state index is -0.849. The number of nitrogens with one attached hydrogen (secondary N) is 1. The second kappa shape index (κ2) is 58.4. The molecule has 0 aromatic heterocycles. The summed E-state index contributed by atoms with van der Waals surface area (Å²) >= 11 is 0. The Kier molecular flexibility index (Phi) is 56.5. The summed E-state index contributed by atoms with van der Waals surface area (Å²) in [4.78, 5) is 24.4. The average molecular weight is 969 g/mol. The summed E-state index contributed by atoms with van der Waals surface area (Å²) < 4.78 is 5.45. The highest BCUT2D eigenvalue weighted by atomic mass is 16.5. The van der Waals surface area contributed by atoms with Gasteiger partial charge in [0.1, 0.15) is 0 Å². The molecule has 0 spiro atoms. The number of ether oxygens (including phenoxy) is 1. The van der Waals surface area contributed by atoms with Crippen molar-refractivity contribution >= 4 is 11.9 Å². The van der Waals surface area contributed by atoms with Gasteiger partial charge >= 0.3 is 5.97 Å². The molecule has 0 rings (SSSR count). The first-order chi connectivity index (χ1) is 34.0. The summed E-state index contributed by atoms with van der Waals surface area (Å²) in [5.41, 5.74) is 0. The van der Waals surface area contributed by atoms with E-state index in [0.29, 0.717) is 19.4 Å².